The van der Waals surface area contributed by atoms with E-state index in [4.69, 9.17) is 4.74 Å². The van der Waals surface area contributed by atoms with Crippen LogP contribution in [0.1, 0.15) is 80.9 Å². The van der Waals surface area contributed by atoms with E-state index in [-0.39, 0.29) is 16.7 Å². The molecule has 3 aliphatic heterocycles. The molecule has 0 bridgehead atoms. The molecule has 2 amide bonds. The molecule has 2 fully saturated rings. The third-order valence-corrected chi connectivity index (χ3v) is 12.2. The minimum Gasteiger partial charge on any atom is -0.479 e. The number of ether oxygens (including phenoxy) is 1. The number of carbonyl (C=O) groups is 2. The minimum atomic E-state index is -1.14. The number of hydrogen-bond acceptors (Lipinski definition) is 5. The lowest BCUT2D eigenvalue weighted by atomic mass is 9.80. The largest absolute Gasteiger partial charge is 0.479 e. The van der Waals surface area contributed by atoms with Gasteiger partial charge in [-0.05, 0) is 125 Å². The highest BCUT2D eigenvalue weighted by Crippen LogP contribution is 2.53. The van der Waals surface area contributed by atoms with Gasteiger partial charge in [0.1, 0.15) is 0 Å². The molecule has 2 atom stereocenters. The number of carboxylic acid groups (broad SMARTS) is 1. The lowest BCUT2D eigenvalue weighted by Gasteiger charge is -2.41. The molecule has 0 spiro atoms. The van der Waals surface area contributed by atoms with Gasteiger partial charge in [0, 0.05) is 56.1 Å². The van der Waals surface area contributed by atoms with Crippen LogP contribution < -0.4 is 9.21 Å². The summed E-state index contributed by atoms with van der Waals surface area (Å²) in [6.07, 6.45) is 4.50. The molecule has 8 nitrogen and oxygen atoms in total. The van der Waals surface area contributed by atoms with Gasteiger partial charge in [-0.1, -0.05) is 35.9 Å². The van der Waals surface area contributed by atoms with Crippen LogP contribution in [0.4, 0.5) is 16.2 Å². The van der Waals surface area contributed by atoms with Gasteiger partial charge in [-0.2, -0.15) is 0 Å². The van der Waals surface area contributed by atoms with Crippen molar-refractivity contribution in [1.82, 2.24) is 9.80 Å². The first-order chi connectivity index (χ1) is 23.8. The molecule has 0 aromatic heterocycles. The Morgan fingerprint density at radius 2 is 1.50 bits per heavy atom. The van der Waals surface area contributed by atoms with Crippen LogP contribution in [0.3, 0.4) is 0 Å². The number of amides is 2. The van der Waals surface area contributed by atoms with Gasteiger partial charge in [0.15, 0.2) is 6.10 Å². The van der Waals surface area contributed by atoms with Crippen molar-refractivity contribution in [2.75, 3.05) is 54.7 Å². The van der Waals surface area contributed by atoms with E-state index in [1.807, 2.05) is 30.6 Å². The lowest BCUT2D eigenvalue weighted by Crippen LogP contribution is -2.53. The van der Waals surface area contributed by atoms with E-state index in [0.717, 1.165) is 95.9 Å². The van der Waals surface area contributed by atoms with E-state index >= 15 is 0 Å². The summed E-state index contributed by atoms with van der Waals surface area (Å²) in [6.45, 7) is 19.6. The number of anilines is 2. The van der Waals surface area contributed by atoms with Crippen molar-refractivity contribution in [3.8, 4) is 22.3 Å². The van der Waals surface area contributed by atoms with Crippen molar-refractivity contribution in [3.63, 3.8) is 0 Å². The Balaban J connectivity index is 1.48. The number of carboxylic acids is 1. The summed E-state index contributed by atoms with van der Waals surface area (Å²) in [5, 5.41) is 13.0. The SMILES string of the molecule is C/C=S(/C)N1Cc2ccc(N3CCN(C(=O)N4CCCCC4)CC3)cc2-c2c(C)c(-c3ccc(C)cc3)c([C@H](OC(C)(C)C)C(=O)O)c(C)c21. The summed E-state index contributed by atoms with van der Waals surface area (Å²) in [7, 11) is -0.208. The summed E-state index contributed by atoms with van der Waals surface area (Å²) in [5.74, 6) is -0.990. The van der Waals surface area contributed by atoms with Gasteiger partial charge < -0.3 is 28.8 Å². The number of aryl methyl sites for hydroxylation is 1. The number of piperidine rings is 1. The standard InChI is InChI=1S/C41H54N4O4S/c1-9-50(8)45-26-31-17-18-32(42-21-23-44(24-22-42)40(48)43-19-11-10-12-20-43)25-33(31)35-28(3)34(30-15-13-27(2)14-16-30)36(29(4)37(35)45)38(39(46)47)49-41(5,6)7/h9,13-18,25,38H,10-12,19-24,26H2,1-8H3,(H,46,47)/t38-,50?/m0/s1. The Hall–Kier alpha value is -3.82. The van der Waals surface area contributed by atoms with Gasteiger partial charge in [-0.15, -0.1) is 10.7 Å². The number of carbonyl (C=O) groups excluding carboxylic acids is 1. The highest BCUT2D eigenvalue weighted by molar-refractivity contribution is 8.15. The number of nitrogens with zero attached hydrogens (tertiary/aromatic N) is 4. The van der Waals surface area contributed by atoms with Crippen molar-refractivity contribution in [1.29, 1.82) is 0 Å². The third-order valence-electron chi connectivity index (χ3n) is 10.5. The van der Waals surface area contributed by atoms with Gasteiger partial charge in [-0.3, -0.25) is 0 Å². The average Bonchev–Trinajstić information content (AvgIpc) is 3.11. The van der Waals surface area contributed by atoms with Crippen LogP contribution in [0.25, 0.3) is 22.3 Å². The number of aliphatic carboxylic acids is 1. The molecule has 6 rings (SSSR count). The highest BCUT2D eigenvalue weighted by atomic mass is 32.2. The third kappa shape index (κ3) is 7.04. The summed E-state index contributed by atoms with van der Waals surface area (Å²) in [5.41, 5.74) is 11.0. The first-order valence-corrected chi connectivity index (χ1v) is 19.7. The van der Waals surface area contributed by atoms with E-state index in [1.54, 1.807) is 0 Å². The maximum Gasteiger partial charge on any atom is 0.337 e. The Labute approximate surface area is 301 Å². The maximum absolute atomic E-state index is 13.2. The van der Waals surface area contributed by atoms with Crippen molar-refractivity contribution < 1.29 is 19.4 Å². The van der Waals surface area contributed by atoms with Crippen LogP contribution >= 0.6 is 10.7 Å². The summed E-state index contributed by atoms with van der Waals surface area (Å²) >= 11 is 0. The van der Waals surface area contributed by atoms with E-state index in [9.17, 15) is 14.7 Å². The fraction of sp³-hybridized carbons (Fsp3) is 0.488. The number of piperazine rings is 1. The normalized spacial score (nSPS) is 17.8. The van der Waals surface area contributed by atoms with Crippen LogP contribution in [0, 0.1) is 20.8 Å². The maximum atomic E-state index is 13.2. The highest BCUT2D eigenvalue weighted by Gasteiger charge is 2.37. The fourth-order valence-electron chi connectivity index (χ4n) is 7.83. The lowest BCUT2D eigenvalue weighted by molar-refractivity contribution is -0.160. The van der Waals surface area contributed by atoms with Crippen LogP contribution in [0.2, 0.25) is 0 Å². The second kappa shape index (κ2) is 14.4. The quantitative estimate of drug-likeness (QED) is 0.260. The number of urea groups is 1. The minimum absolute atomic E-state index is 0.187. The molecule has 0 radical (unpaired) electrons. The molecular weight excluding hydrogens is 645 g/mol. The predicted octanol–water partition coefficient (Wildman–Crippen LogP) is 8.57. The molecule has 268 valence electrons. The van der Waals surface area contributed by atoms with Crippen molar-refractivity contribution in [2.45, 2.75) is 86.0 Å². The molecule has 0 saturated carbocycles. The summed E-state index contributed by atoms with van der Waals surface area (Å²) in [6, 6.07) is 15.4. The second-order valence-electron chi connectivity index (χ2n) is 15.0. The smallest absolute Gasteiger partial charge is 0.337 e. The van der Waals surface area contributed by atoms with Gasteiger partial charge >= 0.3 is 12.0 Å². The van der Waals surface area contributed by atoms with Crippen LogP contribution in [-0.4, -0.2) is 83.4 Å². The fourth-order valence-corrected chi connectivity index (χ4v) is 8.95. The van der Waals surface area contributed by atoms with E-state index in [0.29, 0.717) is 13.1 Å². The number of likely N-dealkylation sites (tertiary alicyclic amines) is 1. The molecule has 3 aromatic carbocycles. The molecule has 0 aliphatic carbocycles. The molecule has 3 heterocycles. The van der Waals surface area contributed by atoms with Crippen LogP contribution in [-0.2, 0) is 16.1 Å². The zero-order valence-corrected chi connectivity index (χ0v) is 32.0. The van der Waals surface area contributed by atoms with E-state index in [1.165, 1.54) is 17.5 Å². The summed E-state index contributed by atoms with van der Waals surface area (Å²) in [4.78, 5) is 32.8. The molecule has 1 unspecified atom stereocenters. The topological polar surface area (TPSA) is 76.6 Å². The number of hydrogen-bond donors (Lipinski definition) is 1. The van der Waals surface area contributed by atoms with Crippen LogP contribution in [0.5, 0.6) is 0 Å². The Bertz CT molecular complexity index is 1800. The predicted molar refractivity (Wildman–Crippen MR) is 209 cm³/mol. The number of rotatable bonds is 6. The van der Waals surface area contributed by atoms with Crippen molar-refractivity contribution in [2.24, 2.45) is 0 Å². The summed E-state index contributed by atoms with van der Waals surface area (Å²) < 4.78 is 8.84. The Kier molecular flexibility index (Phi) is 10.4. The van der Waals surface area contributed by atoms with Crippen LogP contribution in [0.15, 0.2) is 42.5 Å². The van der Waals surface area contributed by atoms with Gasteiger partial charge in [0.2, 0.25) is 0 Å². The molecule has 9 heteroatoms. The first kappa shape index (κ1) is 36.0. The van der Waals surface area contributed by atoms with E-state index < -0.39 is 17.7 Å². The molecule has 3 aromatic rings. The van der Waals surface area contributed by atoms with E-state index in [2.05, 4.69) is 91.0 Å². The molecular formula is C41H54N4O4S. The molecule has 2 saturated heterocycles. The number of fused-ring (bicyclic) bond motifs is 3. The average molecular weight is 699 g/mol. The first-order valence-electron chi connectivity index (χ1n) is 18.1. The number of benzene rings is 3. The van der Waals surface area contributed by atoms with Gasteiger partial charge in [-0.25, -0.2) is 9.59 Å². The second-order valence-corrected chi connectivity index (χ2v) is 17.0. The zero-order chi connectivity index (χ0) is 35.9. The molecule has 1 N–H and O–H groups in total. The molecule has 3 aliphatic rings. The van der Waals surface area contributed by atoms with Crippen molar-refractivity contribution >= 4 is 39.4 Å². The zero-order valence-electron chi connectivity index (χ0n) is 31.1. The Morgan fingerprint density at radius 1 is 0.860 bits per heavy atom. The van der Waals surface area contributed by atoms with Crippen molar-refractivity contribution in [3.05, 3.63) is 70.3 Å². The molecule has 50 heavy (non-hydrogen) atoms. The monoisotopic (exact) mass is 698 g/mol. The van der Waals surface area contributed by atoms with Gasteiger partial charge in [0.05, 0.1) is 17.8 Å². The van der Waals surface area contributed by atoms with Gasteiger partial charge in [0.25, 0.3) is 0 Å². The Morgan fingerprint density at radius 3 is 2.10 bits per heavy atom.